The summed E-state index contributed by atoms with van der Waals surface area (Å²) in [5, 5.41) is 0. The summed E-state index contributed by atoms with van der Waals surface area (Å²) in [4.78, 5) is 30.8. The van der Waals surface area contributed by atoms with Gasteiger partial charge in [-0.1, -0.05) is 19.1 Å². The topological polar surface area (TPSA) is 53.1 Å². The Morgan fingerprint density at radius 2 is 1.76 bits per heavy atom. The molecule has 0 aromatic heterocycles. The molecule has 3 amide bonds. The van der Waals surface area contributed by atoms with Crippen molar-refractivity contribution in [1.29, 1.82) is 0 Å². The van der Waals surface area contributed by atoms with E-state index in [2.05, 4.69) is 11.8 Å². The van der Waals surface area contributed by atoms with Gasteiger partial charge in [0, 0.05) is 26.2 Å². The van der Waals surface area contributed by atoms with Gasteiger partial charge in [0.05, 0.1) is 5.69 Å². The van der Waals surface area contributed by atoms with E-state index >= 15 is 0 Å². The number of piperazine rings is 1. The first-order valence-corrected chi connectivity index (χ1v) is 9.91. The first-order chi connectivity index (χ1) is 14.1. The quantitative estimate of drug-likeness (QED) is 0.704. The van der Waals surface area contributed by atoms with E-state index in [0.717, 1.165) is 12.0 Å². The summed E-state index contributed by atoms with van der Waals surface area (Å²) >= 11 is 0. The first-order valence-electron chi connectivity index (χ1n) is 9.91. The van der Waals surface area contributed by atoms with Crippen molar-refractivity contribution < 1.29 is 18.7 Å². The summed E-state index contributed by atoms with van der Waals surface area (Å²) in [6.07, 6.45) is 0.909. The van der Waals surface area contributed by atoms with Gasteiger partial charge in [-0.05, 0) is 48.4 Å². The number of fused-ring (bicyclic) bond motifs is 1. The Morgan fingerprint density at radius 3 is 2.45 bits per heavy atom. The van der Waals surface area contributed by atoms with Crippen LogP contribution in [-0.2, 0) is 11.2 Å². The predicted molar refractivity (Wildman–Crippen MR) is 108 cm³/mol. The molecule has 0 spiro atoms. The molecule has 2 fully saturated rings. The number of urea groups is 1. The van der Waals surface area contributed by atoms with Crippen LogP contribution in [0.2, 0.25) is 0 Å². The van der Waals surface area contributed by atoms with E-state index in [1.54, 1.807) is 17.0 Å². The average Bonchev–Trinajstić information content (AvgIpc) is 2.99. The number of carbonyl (C=O) groups is 2. The monoisotopic (exact) mass is 397 g/mol. The molecule has 6 nitrogen and oxygen atoms in total. The Labute approximate surface area is 169 Å². The van der Waals surface area contributed by atoms with Crippen molar-refractivity contribution in [3.05, 3.63) is 59.9 Å². The van der Waals surface area contributed by atoms with Crippen molar-refractivity contribution in [2.75, 3.05) is 37.7 Å². The molecule has 0 aliphatic carbocycles. The third-order valence-corrected chi connectivity index (χ3v) is 5.50. The van der Waals surface area contributed by atoms with Crippen molar-refractivity contribution >= 4 is 17.6 Å². The second-order valence-corrected chi connectivity index (χ2v) is 7.29. The Morgan fingerprint density at radius 1 is 1.03 bits per heavy atom. The molecule has 2 aromatic rings. The maximum Gasteiger partial charge on any atom is 0.332 e. The van der Waals surface area contributed by atoms with Gasteiger partial charge in [-0.25, -0.2) is 14.1 Å². The van der Waals surface area contributed by atoms with E-state index in [1.165, 1.54) is 17.0 Å². The second-order valence-electron chi connectivity index (χ2n) is 7.29. The van der Waals surface area contributed by atoms with Gasteiger partial charge in [0.15, 0.2) is 0 Å². The Kier molecular flexibility index (Phi) is 5.49. The SMILES string of the molecule is CCc1ccc(N2C(=O)C3CN(CCOc4ccc(F)cc4)CCN3C2=O)cc1. The van der Waals surface area contributed by atoms with E-state index < -0.39 is 6.04 Å². The number of halogens is 1. The van der Waals surface area contributed by atoms with Crippen LogP contribution < -0.4 is 9.64 Å². The molecule has 1 unspecified atom stereocenters. The molecule has 2 saturated heterocycles. The van der Waals surface area contributed by atoms with Gasteiger partial charge in [-0.3, -0.25) is 9.69 Å². The maximum atomic E-state index is 13.0. The molecular formula is C22H24FN3O3. The summed E-state index contributed by atoms with van der Waals surface area (Å²) in [6, 6.07) is 12.8. The standard InChI is InChI=1S/C22H24FN3O3/c1-2-16-3-7-18(8-4-16)26-21(27)20-15-24(11-12-25(20)22(26)28)13-14-29-19-9-5-17(23)6-10-19/h3-10,20H,2,11-15H2,1H3. The van der Waals surface area contributed by atoms with E-state index in [-0.39, 0.29) is 17.8 Å². The lowest BCUT2D eigenvalue weighted by Crippen LogP contribution is -2.53. The van der Waals surface area contributed by atoms with Crippen LogP contribution in [0.5, 0.6) is 5.75 Å². The van der Waals surface area contributed by atoms with Crippen LogP contribution in [0.4, 0.5) is 14.9 Å². The number of aryl methyl sites for hydroxylation is 1. The zero-order valence-corrected chi connectivity index (χ0v) is 16.4. The molecule has 1 atom stereocenters. The van der Waals surface area contributed by atoms with Gasteiger partial charge >= 0.3 is 6.03 Å². The molecule has 2 aliphatic rings. The van der Waals surface area contributed by atoms with Gasteiger partial charge in [0.25, 0.3) is 5.91 Å². The lowest BCUT2D eigenvalue weighted by Gasteiger charge is -2.35. The van der Waals surface area contributed by atoms with E-state index in [4.69, 9.17) is 4.74 Å². The van der Waals surface area contributed by atoms with Gasteiger partial charge < -0.3 is 9.64 Å². The van der Waals surface area contributed by atoms with Crippen LogP contribution in [0.15, 0.2) is 48.5 Å². The third-order valence-electron chi connectivity index (χ3n) is 5.50. The maximum absolute atomic E-state index is 13.0. The first kappa shape index (κ1) is 19.4. The number of carbonyl (C=O) groups excluding carboxylic acids is 2. The number of rotatable bonds is 6. The number of nitrogens with zero attached hydrogens (tertiary/aromatic N) is 3. The lowest BCUT2D eigenvalue weighted by molar-refractivity contribution is -0.121. The minimum absolute atomic E-state index is 0.177. The number of hydrogen-bond acceptors (Lipinski definition) is 4. The molecule has 4 rings (SSSR count). The second kappa shape index (κ2) is 8.21. The van der Waals surface area contributed by atoms with Crippen LogP contribution in [-0.4, -0.2) is 60.6 Å². The Hall–Kier alpha value is -2.93. The largest absolute Gasteiger partial charge is 0.492 e. The Balaban J connectivity index is 1.36. The zero-order valence-electron chi connectivity index (χ0n) is 16.4. The van der Waals surface area contributed by atoms with E-state index in [0.29, 0.717) is 44.2 Å². The molecule has 0 bridgehead atoms. The smallest absolute Gasteiger partial charge is 0.332 e. The molecule has 0 saturated carbocycles. The minimum Gasteiger partial charge on any atom is -0.492 e. The summed E-state index contributed by atoms with van der Waals surface area (Å²) in [5.74, 6) is 0.133. The molecule has 7 heteroatoms. The number of imide groups is 1. The fourth-order valence-corrected chi connectivity index (χ4v) is 3.80. The van der Waals surface area contributed by atoms with Gasteiger partial charge in [-0.15, -0.1) is 0 Å². The Bertz CT molecular complexity index is 885. The van der Waals surface area contributed by atoms with Crippen LogP contribution in [0.1, 0.15) is 12.5 Å². The molecule has 0 radical (unpaired) electrons. The van der Waals surface area contributed by atoms with Crippen molar-refractivity contribution in [1.82, 2.24) is 9.80 Å². The van der Waals surface area contributed by atoms with Crippen molar-refractivity contribution in [2.24, 2.45) is 0 Å². The summed E-state index contributed by atoms with van der Waals surface area (Å²) in [6.45, 7) is 4.81. The van der Waals surface area contributed by atoms with Crippen molar-refractivity contribution in [2.45, 2.75) is 19.4 Å². The average molecular weight is 397 g/mol. The molecule has 29 heavy (non-hydrogen) atoms. The van der Waals surface area contributed by atoms with Gasteiger partial charge in [0.1, 0.15) is 24.2 Å². The van der Waals surface area contributed by atoms with E-state index in [1.807, 2.05) is 24.3 Å². The van der Waals surface area contributed by atoms with Crippen LogP contribution in [0.3, 0.4) is 0 Å². The van der Waals surface area contributed by atoms with Crippen molar-refractivity contribution in [3.63, 3.8) is 0 Å². The highest BCUT2D eigenvalue weighted by Gasteiger charge is 2.48. The highest BCUT2D eigenvalue weighted by molar-refractivity contribution is 6.21. The number of anilines is 1. The predicted octanol–water partition coefficient (Wildman–Crippen LogP) is 2.92. The van der Waals surface area contributed by atoms with Crippen molar-refractivity contribution in [3.8, 4) is 5.75 Å². The highest BCUT2D eigenvalue weighted by atomic mass is 19.1. The highest BCUT2D eigenvalue weighted by Crippen LogP contribution is 2.28. The molecular weight excluding hydrogens is 373 g/mol. The van der Waals surface area contributed by atoms with Crippen LogP contribution >= 0.6 is 0 Å². The summed E-state index contributed by atoms with van der Waals surface area (Å²) in [5.41, 5.74) is 1.79. The number of hydrogen-bond donors (Lipinski definition) is 0. The number of amides is 3. The molecule has 0 N–H and O–H groups in total. The fourth-order valence-electron chi connectivity index (χ4n) is 3.80. The molecule has 152 valence electrons. The fraction of sp³-hybridized carbons (Fsp3) is 0.364. The lowest BCUT2D eigenvalue weighted by atomic mass is 10.1. The van der Waals surface area contributed by atoms with Crippen LogP contribution in [0.25, 0.3) is 0 Å². The summed E-state index contributed by atoms with van der Waals surface area (Å²) in [7, 11) is 0. The summed E-state index contributed by atoms with van der Waals surface area (Å²) < 4.78 is 18.6. The normalized spacial score (nSPS) is 19.6. The molecule has 2 aromatic carbocycles. The zero-order chi connectivity index (χ0) is 20.4. The molecule has 2 aliphatic heterocycles. The number of ether oxygens (including phenoxy) is 1. The van der Waals surface area contributed by atoms with Crippen LogP contribution in [0, 0.1) is 5.82 Å². The third kappa shape index (κ3) is 3.96. The van der Waals surface area contributed by atoms with Gasteiger partial charge in [-0.2, -0.15) is 0 Å². The van der Waals surface area contributed by atoms with Gasteiger partial charge in [0.2, 0.25) is 0 Å². The number of benzene rings is 2. The van der Waals surface area contributed by atoms with E-state index in [9.17, 15) is 14.0 Å². The molecule has 2 heterocycles. The minimum atomic E-state index is -0.465.